The van der Waals surface area contributed by atoms with Crippen LogP contribution in [0.25, 0.3) is 0 Å². The molecule has 0 aromatic heterocycles. The summed E-state index contributed by atoms with van der Waals surface area (Å²) in [6.07, 6.45) is -4.29. The molecule has 0 saturated heterocycles. The standard InChI is InChI=1S/C17H18F3N/c1-12-6-8-15(9-7-12)13(2)21-11-14-4-3-5-16(10-14)17(18,19)20/h3-10,13,21H,11H2,1-2H3/t13-/m0/s1. The van der Waals surface area contributed by atoms with Gasteiger partial charge in [-0.2, -0.15) is 13.2 Å². The topological polar surface area (TPSA) is 12.0 Å². The molecule has 2 rings (SSSR count). The molecule has 0 aliphatic heterocycles. The maximum Gasteiger partial charge on any atom is 0.416 e. The molecule has 0 radical (unpaired) electrons. The van der Waals surface area contributed by atoms with Crippen LogP contribution < -0.4 is 5.32 Å². The van der Waals surface area contributed by atoms with Gasteiger partial charge in [0.2, 0.25) is 0 Å². The summed E-state index contributed by atoms with van der Waals surface area (Å²) in [4.78, 5) is 0. The Balaban J connectivity index is 2.01. The lowest BCUT2D eigenvalue weighted by Gasteiger charge is -2.15. The number of hydrogen-bond donors (Lipinski definition) is 1. The Morgan fingerprint density at radius 1 is 1.05 bits per heavy atom. The van der Waals surface area contributed by atoms with Crippen LogP contribution in [0.15, 0.2) is 48.5 Å². The molecular formula is C17H18F3N. The molecule has 1 atom stereocenters. The molecule has 1 nitrogen and oxygen atoms in total. The largest absolute Gasteiger partial charge is 0.416 e. The Hall–Kier alpha value is -1.81. The number of hydrogen-bond acceptors (Lipinski definition) is 1. The van der Waals surface area contributed by atoms with Crippen LogP contribution in [-0.4, -0.2) is 0 Å². The van der Waals surface area contributed by atoms with E-state index in [1.165, 1.54) is 17.7 Å². The Morgan fingerprint density at radius 3 is 2.33 bits per heavy atom. The van der Waals surface area contributed by atoms with E-state index in [9.17, 15) is 13.2 Å². The van der Waals surface area contributed by atoms with E-state index in [1.54, 1.807) is 6.07 Å². The molecule has 1 N–H and O–H groups in total. The lowest BCUT2D eigenvalue weighted by molar-refractivity contribution is -0.137. The van der Waals surface area contributed by atoms with Gasteiger partial charge >= 0.3 is 6.18 Å². The Labute approximate surface area is 122 Å². The van der Waals surface area contributed by atoms with Crippen molar-refractivity contribution in [3.63, 3.8) is 0 Å². The SMILES string of the molecule is Cc1ccc([C@H](C)NCc2cccc(C(F)(F)F)c2)cc1. The Bertz CT molecular complexity index is 588. The smallest absolute Gasteiger partial charge is 0.306 e. The first-order valence-corrected chi connectivity index (χ1v) is 6.82. The molecule has 0 aliphatic rings. The summed E-state index contributed by atoms with van der Waals surface area (Å²) in [5.74, 6) is 0. The quantitative estimate of drug-likeness (QED) is 0.848. The number of benzene rings is 2. The van der Waals surface area contributed by atoms with Gasteiger partial charge in [-0.25, -0.2) is 0 Å². The van der Waals surface area contributed by atoms with Gasteiger partial charge in [0.1, 0.15) is 0 Å². The van der Waals surface area contributed by atoms with Crippen molar-refractivity contribution in [1.29, 1.82) is 0 Å². The third-order valence-electron chi connectivity index (χ3n) is 3.44. The van der Waals surface area contributed by atoms with Gasteiger partial charge in [-0.1, -0.05) is 48.0 Å². The highest BCUT2D eigenvalue weighted by Gasteiger charge is 2.30. The molecule has 0 spiro atoms. The van der Waals surface area contributed by atoms with Gasteiger partial charge < -0.3 is 5.32 Å². The first-order valence-electron chi connectivity index (χ1n) is 6.82. The number of nitrogens with one attached hydrogen (secondary N) is 1. The molecule has 0 heterocycles. The lowest BCUT2D eigenvalue weighted by atomic mass is 10.1. The van der Waals surface area contributed by atoms with Crippen LogP contribution in [-0.2, 0) is 12.7 Å². The number of aryl methyl sites for hydroxylation is 1. The Morgan fingerprint density at radius 2 is 1.71 bits per heavy atom. The van der Waals surface area contributed by atoms with Crippen molar-refractivity contribution in [2.24, 2.45) is 0 Å². The highest BCUT2D eigenvalue weighted by molar-refractivity contribution is 5.27. The summed E-state index contributed by atoms with van der Waals surface area (Å²) in [7, 11) is 0. The van der Waals surface area contributed by atoms with Gasteiger partial charge in [0.25, 0.3) is 0 Å². The van der Waals surface area contributed by atoms with E-state index >= 15 is 0 Å². The fourth-order valence-electron chi connectivity index (χ4n) is 2.10. The van der Waals surface area contributed by atoms with Crippen molar-refractivity contribution < 1.29 is 13.2 Å². The minimum atomic E-state index is -4.29. The van der Waals surface area contributed by atoms with Crippen LogP contribution >= 0.6 is 0 Å². The van der Waals surface area contributed by atoms with E-state index in [1.807, 2.05) is 38.1 Å². The second kappa shape index (κ2) is 6.31. The molecule has 0 fully saturated rings. The summed E-state index contributed by atoms with van der Waals surface area (Å²) in [5, 5.41) is 3.25. The third-order valence-corrected chi connectivity index (χ3v) is 3.44. The predicted octanol–water partition coefficient (Wildman–Crippen LogP) is 4.86. The molecular weight excluding hydrogens is 275 g/mol. The van der Waals surface area contributed by atoms with Crippen LogP contribution in [0.4, 0.5) is 13.2 Å². The monoisotopic (exact) mass is 293 g/mol. The highest BCUT2D eigenvalue weighted by Crippen LogP contribution is 2.29. The van der Waals surface area contributed by atoms with E-state index in [4.69, 9.17) is 0 Å². The van der Waals surface area contributed by atoms with Crippen molar-refractivity contribution >= 4 is 0 Å². The molecule has 0 aliphatic carbocycles. The first kappa shape index (κ1) is 15.6. The summed E-state index contributed by atoms with van der Waals surface area (Å²) in [6, 6.07) is 13.6. The van der Waals surface area contributed by atoms with Gasteiger partial charge in [0.05, 0.1) is 5.56 Å². The van der Waals surface area contributed by atoms with Crippen molar-refractivity contribution in [1.82, 2.24) is 5.32 Å². The summed E-state index contributed by atoms with van der Waals surface area (Å²) in [6.45, 7) is 4.42. The molecule has 112 valence electrons. The van der Waals surface area contributed by atoms with E-state index < -0.39 is 11.7 Å². The molecule has 2 aromatic carbocycles. The highest BCUT2D eigenvalue weighted by atomic mass is 19.4. The Kier molecular flexibility index (Phi) is 4.68. The van der Waals surface area contributed by atoms with Gasteiger partial charge in [0, 0.05) is 12.6 Å². The maximum atomic E-state index is 12.6. The van der Waals surface area contributed by atoms with Crippen LogP contribution in [0.5, 0.6) is 0 Å². The predicted molar refractivity (Wildman–Crippen MR) is 77.9 cm³/mol. The van der Waals surface area contributed by atoms with Crippen molar-refractivity contribution in [3.8, 4) is 0 Å². The maximum absolute atomic E-state index is 12.6. The summed E-state index contributed by atoms with van der Waals surface area (Å²) >= 11 is 0. The van der Waals surface area contributed by atoms with Crippen molar-refractivity contribution in [3.05, 3.63) is 70.8 Å². The van der Waals surface area contributed by atoms with Crippen molar-refractivity contribution in [2.45, 2.75) is 32.6 Å². The number of alkyl halides is 3. The zero-order valence-electron chi connectivity index (χ0n) is 12.0. The van der Waals surface area contributed by atoms with Gasteiger partial charge in [-0.05, 0) is 31.0 Å². The summed E-state index contributed by atoms with van der Waals surface area (Å²) in [5.41, 5.74) is 2.32. The van der Waals surface area contributed by atoms with Crippen LogP contribution in [0.2, 0.25) is 0 Å². The third kappa shape index (κ3) is 4.33. The van der Waals surface area contributed by atoms with Crippen LogP contribution in [0.3, 0.4) is 0 Å². The summed E-state index contributed by atoms with van der Waals surface area (Å²) < 4.78 is 37.9. The number of rotatable bonds is 4. The van der Waals surface area contributed by atoms with Crippen LogP contribution in [0.1, 0.15) is 35.2 Å². The average molecular weight is 293 g/mol. The van der Waals surface area contributed by atoms with E-state index in [0.717, 1.165) is 11.6 Å². The normalized spacial score (nSPS) is 13.2. The van der Waals surface area contributed by atoms with Crippen LogP contribution in [0, 0.1) is 6.92 Å². The van der Waals surface area contributed by atoms with Crippen molar-refractivity contribution in [2.75, 3.05) is 0 Å². The molecule has 2 aromatic rings. The molecule has 0 amide bonds. The first-order chi connectivity index (χ1) is 9.86. The van der Waals surface area contributed by atoms with Gasteiger partial charge in [0.15, 0.2) is 0 Å². The van der Waals surface area contributed by atoms with E-state index in [0.29, 0.717) is 12.1 Å². The number of halogens is 3. The molecule has 4 heteroatoms. The zero-order valence-corrected chi connectivity index (χ0v) is 12.0. The molecule has 0 unspecified atom stereocenters. The van der Waals surface area contributed by atoms with Gasteiger partial charge in [-0.3, -0.25) is 0 Å². The minimum Gasteiger partial charge on any atom is -0.306 e. The molecule has 0 bridgehead atoms. The molecule has 21 heavy (non-hydrogen) atoms. The van der Waals surface area contributed by atoms with E-state index in [2.05, 4.69) is 5.32 Å². The zero-order chi connectivity index (χ0) is 15.5. The van der Waals surface area contributed by atoms with Gasteiger partial charge in [-0.15, -0.1) is 0 Å². The fraction of sp³-hybridized carbons (Fsp3) is 0.294. The average Bonchev–Trinajstić information content (AvgIpc) is 2.45. The minimum absolute atomic E-state index is 0.0835. The second-order valence-corrected chi connectivity index (χ2v) is 5.21. The van der Waals surface area contributed by atoms with E-state index in [-0.39, 0.29) is 6.04 Å². The second-order valence-electron chi connectivity index (χ2n) is 5.21. The lowest BCUT2D eigenvalue weighted by Crippen LogP contribution is -2.18. The molecule has 0 saturated carbocycles. The fourth-order valence-corrected chi connectivity index (χ4v) is 2.10.